The van der Waals surface area contributed by atoms with Gasteiger partial charge in [0.15, 0.2) is 0 Å². The van der Waals surface area contributed by atoms with Gasteiger partial charge in [0.05, 0.1) is 5.92 Å². The predicted octanol–water partition coefficient (Wildman–Crippen LogP) is 2.35. The summed E-state index contributed by atoms with van der Waals surface area (Å²) in [6.45, 7) is 2.88. The molecule has 2 aromatic carbocycles. The van der Waals surface area contributed by atoms with Gasteiger partial charge in [0, 0.05) is 13.1 Å². The van der Waals surface area contributed by atoms with Crippen molar-refractivity contribution in [1.29, 1.82) is 0 Å². The number of nitrogens with two attached hydrogens (primary N) is 1. The lowest BCUT2D eigenvalue weighted by molar-refractivity contribution is -0.122. The van der Waals surface area contributed by atoms with Gasteiger partial charge in [-0.2, -0.15) is 0 Å². The monoisotopic (exact) mass is 268 g/mol. The average Bonchev–Trinajstić information content (AvgIpc) is 2.48. The maximum Gasteiger partial charge on any atom is 0.229 e. The van der Waals surface area contributed by atoms with Crippen LogP contribution in [0.2, 0.25) is 0 Å². The van der Waals surface area contributed by atoms with Gasteiger partial charge in [0.2, 0.25) is 5.91 Å². The fourth-order valence-electron chi connectivity index (χ4n) is 2.10. The van der Waals surface area contributed by atoms with Crippen LogP contribution in [0.1, 0.15) is 22.6 Å². The van der Waals surface area contributed by atoms with E-state index in [9.17, 15) is 4.79 Å². The minimum absolute atomic E-state index is 0.0284. The molecule has 1 atom stereocenters. The molecule has 0 heterocycles. The largest absolute Gasteiger partial charge is 0.351 e. The van der Waals surface area contributed by atoms with Crippen molar-refractivity contribution >= 4 is 5.91 Å². The van der Waals surface area contributed by atoms with Crippen LogP contribution in [0.3, 0.4) is 0 Å². The fraction of sp³-hybridized carbons (Fsp3) is 0.235. The third-order valence-electron chi connectivity index (χ3n) is 3.34. The quantitative estimate of drug-likeness (QED) is 0.874. The van der Waals surface area contributed by atoms with Crippen LogP contribution < -0.4 is 11.1 Å². The van der Waals surface area contributed by atoms with Crippen molar-refractivity contribution in [2.24, 2.45) is 5.73 Å². The van der Waals surface area contributed by atoms with Gasteiger partial charge in [-0.05, 0) is 18.1 Å². The van der Waals surface area contributed by atoms with Crippen molar-refractivity contribution < 1.29 is 4.79 Å². The first-order valence-corrected chi connectivity index (χ1v) is 6.79. The molecule has 0 aliphatic heterocycles. The van der Waals surface area contributed by atoms with Gasteiger partial charge in [-0.3, -0.25) is 4.79 Å². The predicted molar refractivity (Wildman–Crippen MR) is 81.3 cm³/mol. The van der Waals surface area contributed by atoms with Gasteiger partial charge < -0.3 is 11.1 Å². The average molecular weight is 268 g/mol. The molecule has 0 bridgehead atoms. The van der Waals surface area contributed by atoms with Crippen molar-refractivity contribution in [3.05, 3.63) is 71.3 Å². The maximum absolute atomic E-state index is 12.2. The van der Waals surface area contributed by atoms with Crippen LogP contribution in [0, 0.1) is 6.92 Å². The zero-order chi connectivity index (χ0) is 14.4. The Morgan fingerprint density at radius 1 is 1.10 bits per heavy atom. The molecular weight excluding hydrogens is 248 g/mol. The molecule has 104 valence electrons. The second kappa shape index (κ2) is 6.87. The van der Waals surface area contributed by atoms with Crippen LogP contribution in [0.15, 0.2) is 54.6 Å². The Morgan fingerprint density at radius 3 is 2.35 bits per heavy atom. The van der Waals surface area contributed by atoms with E-state index >= 15 is 0 Å². The molecule has 0 saturated heterocycles. The van der Waals surface area contributed by atoms with Gasteiger partial charge in [0.25, 0.3) is 0 Å². The Balaban J connectivity index is 1.98. The standard InChI is InChI=1S/C17H20N2O/c1-13-7-9-14(10-8-13)12-19-17(20)16(11-18)15-5-3-2-4-6-15/h2-10,16H,11-12,18H2,1H3,(H,19,20). The Morgan fingerprint density at radius 2 is 1.75 bits per heavy atom. The molecule has 3 N–H and O–H groups in total. The summed E-state index contributed by atoms with van der Waals surface area (Å²) < 4.78 is 0. The maximum atomic E-state index is 12.2. The third-order valence-corrected chi connectivity index (χ3v) is 3.34. The summed E-state index contributed by atoms with van der Waals surface area (Å²) >= 11 is 0. The number of hydrogen-bond donors (Lipinski definition) is 2. The second-order valence-electron chi connectivity index (χ2n) is 4.90. The van der Waals surface area contributed by atoms with Gasteiger partial charge >= 0.3 is 0 Å². The number of amides is 1. The summed E-state index contributed by atoms with van der Waals surface area (Å²) in [4.78, 5) is 12.2. The number of nitrogens with one attached hydrogen (secondary N) is 1. The molecule has 2 aromatic rings. The highest BCUT2D eigenvalue weighted by Crippen LogP contribution is 2.14. The van der Waals surface area contributed by atoms with Crippen LogP contribution in [0.25, 0.3) is 0 Å². The molecule has 3 nitrogen and oxygen atoms in total. The highest BCUT2D eigenvalue weighted by molar-refractivity contribution is 5.83. The zero-order valence-electron chi connectivity index (χ0n) is 11.7. The van der Waals surface area contributed by atoms with Crippen molar-refractivity contribution in [3.8, 4) is 0 Å². The van der Waals surface area contributed by atoms with Crippen molar-refractivity contribution in [2.45, 2.75) is 19.4 Å². The first kappa shape index (κ1) is 14.3. The van der Waals surface area contributed by atoms with E-state index in [4.69, 9.17) is 5.73 Å². The van der Waals surface area contributed by atoms with Gasteiger partial charge in [-0.1, -0.05) is 60.2 Å². The Kier molecular flexibility index (Phi) is 4.91. The van der Waals surface area contributed by atoms with E-state index in [1.54, 1.807) is 0 Å². The minimum Gasteiger partial charge on any atom is -0.351 e. The van der Waals surface area contributed by atoms with Crippen molar-refractivity contribution in [3.63, 3.8) is 0 Å². The normalized spacial score (nSPS) is 11.9. The van der Waals surface area contributed by atoms with Crippen LogP contribution >= 0.6 is 0 Å². The molecule has 3 heteroatoms. The van der Waals surface area contributed by atoms with Gasteiger partial charge in [0.1, 0.15) is 0 Å². The fourth-order valence-corrected chi connectivity index (χ4v) is 2.10. The van der Waals surface area contributed by atoms with Crippen LogP contribution in [-0.2, 0) is 11.3 Å². The number of benzene rings is 2. The Labute approximate surface area is 119 Å². The second-order valence-corrected chi connectivity index (χ2v) is 4.90. The lowest BCUT2D eigenvalue weighted by Gasteiger charge is -2.15. The molecule has 0 spiro atoms. The summed E-state index contributed by atoms with van der Waals surface area (Å²) in [6, 6.07) is 17.8. The smallest absolute Gasteiger partial charge is 0.229 e. The molecule has 2 rings (SSSR count). The molecule has 0 saturated carbocycles. The van der Waals surface area contributed by atoms with E-state index in [2.05, 4.69) is 5.32 Å². The summed E-state index contributed by atoms with van der Waals surface area (Å²) in [5, 5.41) is 2.95. The minimum atomic E-state index is -0.290. The van der Waals surface area contributed by atoms with Gasteiger partial charge in [-0.25, -0.2) is 0 Å². The number of carbonyl (C=O) groups is 1. The Bertz CT molecular complexity index is 549. The van der Waals surface area contributed by atoms with Crippen molar-refractivity contribution in [2.75, 3.05) is 6.54 Å². The number of rotatable bonds is 5. The third kappa shape index (κ3) is 3.68. The number of hydrogen-bond acceptors (Lipinski definition) is 2. The van der Waals surface area contributed by atoms with E-state index in [1.807, 2.05) is 61.5 Å². The van der Waals surface area contributed by atoms with E-state index in [0.717, 1.165) is 11.1 Å². The van der Waals surface area contributed by atoms with Crippen LogP contribution in [-0.4, -0.2) is 12.5 Å². The summed E-state index contributed by atoms with van der Waals surface area (Å²) in [5.41, 5.74) is 8.99. The molecule has 1 unspecified atom stereocenters. The van der Waals surface area contributed by atoms with E-state index in [1.165, 1.54) is 5.56 Å². The first-order chi connectivity index (χ1) is 9.70. The van der Waals surface area contributed by atoms with Crippen LogP contribution in [0.5, 0.6) is 0 Å². The molecule has 0 aliphatic carbocycles. The molecule has 20 heavy (non-hydrogen) atoms. The van der Waals surface area contributed by atoms with E-state index < -0.39 is 0 Å². The van der Waals surface area contributed by atoms with Crippen molar-refractivity contribution in [1.82, 2.24) is 5.32 Å². The summed E-state index contributed by atoms with van der Waals surface area (Å²) in [6.07, 6.45) is 0. The first-order valence-electron chi connectivity index (χ1n) is 6.79. The molecule has 1 amide bonds. The molecule has 0 radical (unpaired) electrons. The molecular formula is C17H20N2O. The SMILES string of the molecule is Cc1ccc(CNC(=O)C(CN)c2ccccc2)cc1. The molecule has 0 fully saturated rings. The highest BCUT2D eigenvalue weighted by atomic mass is 16.1. The summed E-state index contributed by atoms with van der Waals surface area (Å²) in [5.74, 6) is -0.319. The number of carbonyl (C=O) groups excluding carboxylic acids is 1. The van der Waals surface area contributed by atoms with E-state index in [-0.39, 0.29) is 11.8 Å². The molecule has 0 aliphatic rings. The summed E-state index contributed by atoms with van der Waals surface area (Å²) in [7, 11) is 0. The zero-order valence-corrected chi connectivity index (χ0v) is 11.7. The topological polar surface area (TPSA) is 55.1 Å². The Hall–Kier alpha value is -2.13. The lowest BCUT2D eigenvalue weighted by Crippen LogP contribution is -2.33. The van der Waals surface area contributed by atoms with Gasteiger partial charge in [-0.15, -0.1) is 0 Å². The van der Waals surface area contributed by atoms with Crippen LogP contribution in [0.4, 0.5) is 0 Å². The lowest BCUT2D eigenvalue weighted by atomic mass is 9.98. The molecule has 0 aromatic heterocycles. The van der Waals surface area contributed by atoms with E-state index in [0.29, 0.717) is 13.1 Å². The number of aryl methyl sites for hydroxylation is 1. The highest BCUT2D eigenvalue weighted by Gasteiger charge is 2.18.